The lowest BCUT2D eigenvalue weighted by molar-refractivity contribution is -0.144. The molecule has 1 fully saturated rings. The Balaban J connectivity index is 1.99. The van der Waals surface area contributed by atoms with E-state index in [1.54, 1.807) is 32.9 Å². The van der Waals surface area contributed by atoms with Gasteiger partial charge in [0.25, 0.3) is 0 Å². The van der Waals surface area contributed by atoms with Crippen LogP contribution in [-0.4, -0.2) is 48.2 Å². The van der Waals surface area contributed by atoms with Gasteiger partial charge in [-0.3, -0.25) is 0 Å². The normalized spacial score (nSPS) is 16.8. The summed E-state index contributed by atoms with van der Waals surface area (Å²) in [6.07, 6.45) is 1.34. The number of amides is 2. The Hall–Kier alpha value is -2.28. The van der Waals surface area contributed by atoms with Crippen LogP contribution in [0, 0.1) is 0 Å². The number of likely N-dealkylation sites (tertiary alicyclic amines) is 1. The van der Waals surface area contributed by atoms with Gasteiger partial charge >= 0.3 is 18.0 Å². The summed E-state index contributed by atoms with van der Waals surface area (Å²) in [5, 5.41) is 3.11. The van der Waals surface area contributed by atoms with Crippen molar-refractivity contribution in [3.8, 4) is 0 Å². The number of rotatable bonds is 4. The zero-order valence-electron chi connectivity index (χ0n) is 16.0. The number of nitrogens with zero attached hydrogens (tertiary/aromatic N) is 1. The van der Waals surface area contributed by atoms with E-state index in [4.69, 9.17) is 21.1 Å². The molecule has 1 N–H and O–H groups in total. The Bertz CT molecular complexity index is 729. The molecule has 0 saturated carbocycles. The van der Waals surface area contributed by atoms with Crippen molar-refractivity contribution in [3.05, 3.63) is 34.3 Å². The Kier molecular flexibility index (Phi) is 6.70. The summed E-state index contributed by atoms with van der Waals surface area (Å²) in [7, 11) is 1.31. The second kappa shape index (κ2) is 8.61. The largest absolute Gasteiger partial charge is 0.467 e. The van der Waals surface area contributed by atoms with Crippen LogP contribution in [0.2, 0.25) is 5.02 Å². The molecule has 2 rings (SSSR count). The van der Waals surface area contributed by atoms with E-state index < -0.39 is 23.6 Å². The number of carbonyl (C=O) groups excluding carboxylic acids is 3. The number of urea groups is 1. The highest BCUT2D eigenvalue weighted by Gasteiger charge is 2.34. The number of benzene rings is 1. The highest BCUT2D eigenvalue weighted by atomic mass is 35.5. The number of halogens is 1. The monoisotopic (exact) mass is 396 g/mol. The molecule has 7 nitrogen and oxygen atoms in total. The minimum absolute atomic E-state index is 0.177. The third-order valence-electron chi connectivity index (χ3n) is 4.10. The average molecular weight is 397 g/mol. The molecular weight excluding hydrogens is 372 g/mol. The fourth-order valence-corrected chi connectivity index (χ4v) is 3.07. The van der Waals surface area contributed by atoms with Gasteiger partial charge in [-0.2, -0.15) is 0 Å². The van der Waals surface area contributed by atoms with Gasteiger partial charge in [0.15, 0.2) is 0 Å². The van der Waals surface area contributed by atoms with E-state index in [0.717, 1.165) is 6.42 Å². The van der Waals surface area contributed by atoms with Gasteiger partial charge in [0, 0.05) is 18.1 Å². The third kappa shape index (κ3) is 5.60. The molecule has 0 spiro atoms. The molecule has 2 amide bonds. The predicted octanol–water partition coefficient (Wildman–Crippen LogP) is 3.14. The van der Waals surface area contributed by atoms with Crippen LogP contribution in [0.15, 0.2) is 18.2 Å². The van der Waals surface area contributed by atoms with E-state index in [0.29, 0.717) is 29.1 Å². The van der Waals surface area contributed by atoms with Crippen molar-refractivity contribution in [1.82, 2.24) is 10.2 Å². The Morgan fingerprint density at radius 1 is 1.30 bits per heavy atom. The van der Waals surface area contributed by atoms with E-state index in [9.17, 15) is 14.4 Å². The van der Waals surface area contributed by atoms with E-state index in [1.165, 1.54) is 18.1 Å². The molecule has 0 radical (unpaired) electrons. The van der Waals surface area contributed by atoms with Crippen LogP contribution < -0.4 is 5.32 Å². The smallest absolute Gasteiger partial charge is 0.338 e. The summed E-state index contributed by atoms with van der Waals surface area (Å²) in [5.74, 6) is -0.875. The molecular formula is C19H25ClN2O5. The van der Waals surface area contributed by atoms with Gasteiger partial charge in [0.1, 0.15) is 11.6 Å². The first kappa shape index (κ1) is 21.0. The summed E-state index contributed by atoms with van der Waals surface area (Å²) in [4.78, 5) is 37.7. The SMILES string of the molecule is COC(=O)C1CCCN1C(=O)NCc1ccc(C(=O)OC(C)(C)C)cc1Cl. The molecule has 0 bridgehead atoms. The van der Waals surface area contributed by atoms with Crippen molar-refractivity contribution in [1.29, 1.82) is 0 Å². The Morgan fingerprint density at radius 3 is 2.59 bits per heavy atom. The number of hydrogen-bond acceptors (Lipinski definition) is 5. The van der Waals surface area contributed by atoms with Gasteiger partial charge in [0.2, 0.25) is 0 Å². The van der Waals surface area contributed by atoms with Crippen LogP contribution in [0.4, 0.5) is 4.79 Å². The van der Waals surface area contributed by atoms with Gasteiger partial charge in [0.05, 0.1) is 12.7 Å². The second-order valence-electron chi connectivity index (χ2n) is 7.34. The first-order chi connectivity index (χ1) is 12.6. The number of carbonyl (C=O) groups is 3. The predicted molar refractivity (Wildman–Crippen MR) is 101 cm³/mol. The first-order valence-corrected chi connectivity index (χ1v) is 9.14. The van der Waals surface area contributed by atoms with Crippen molar-refractivity contribution in [3.63, 3.8) is 0 Å². The van der Waals surface area contributed by atoms with Crippen molar-refractivity contribution in [2.75, 3.05) is 13.7 Å². The highest BCUT2D eigenvalue weighted by Crippen LogP contribution is 2.21. The van der Waals surface area contributed by atoms with Gasteiger partial charge < -0.3 is 19.7 Å². The molecule has 1 unspecified atom stereocenters. The Labute approximate surface area is 163 Å². The molecule has 0 aliphatic carbocycles. The lowest BCUT2D eigenvalue weighted by Gasteiger charge is -2.23. The van der Waals surface area contributed by atoms with Crippen molar-refractivity contribution in [2.45, 2.75) is 51.8 Å². The molecule has 27 heavy (non-hydrogen) atoms. The number of esters is 2. The molecule has 1 atom stereocenters. The maximum atomic E-state index is 12.4. The van der Waals surface area contributed by atoms with Gasteiger partial charge in [-0.05, 0) is 51.3 Å². The van der Waals surface area contributed by atoms with Crippen LogP contribution >= 0.6 is 11.6 Å². The molecule has 148 valence electrons. The van der Waals surface area contributed by atoms with E-state index in [-0.39, 0.29) is 12.6 Å². The fourth-order valence-electron chi connectivity index (χ4n) is 2.82. The number of ether oxygens (including phenoxy) is 2. The average Bonchev–Trinajstić information content (AvgIpc) is 3.08. The quantitative estimate of drug-likeness (QED) is 0.790. The van der Waals surface area contributed by atoms with Gasteiger partial charge in [-0.1, -0.05) is 17.7 Å². The summed E-state index contributed by atoms with van der Waals surface area (Å²) in [6, 6.07) is 3.89. The fraction of sp³-hybridized carbons (Fsp3) is 0.526. The zero-order chi connectivity index (χ0) is 20.2. The summed E-state index contributed by atoms with van der Waals surface area (Å²) in [5.41, 5.74) is 0.406. The van der Waals surface area contributed by atoms with E-state index in [2.05, 4.69) is 5.32 Å². The summed E-state index contributed by atoms with van der Waals surface area (Å²) < 4.78 is 10.1. The third-order valence-corrected chi connectivity index (χ3v) is 4.46. The lowest BCUT2D eigenvalue weighted by atomic mass is 10.1. The van der Waals surface area contributed by atoms with E-state index in [1.807, 2.05) is 0 Å². The maximum Gasteiger partial charge on any atom is 0.338 e. The van der Waals surface area contributed by atoms with E-state index >= 15 is 0 Å². The minimum atomic E-state index is -0.595. The van der Waals surface area contributed by atoms with Crippen molar-refractivity contribution in [2.24, 2.45) is 0 Å². The highest BCUT2D eigenvalue weighted by molar-refractivity contribution is 6.31. The number of methoxy groups -OCH3 is 1. The summed E-state index contributed by atoms with van der Waals surface area (Å²) in [6.45, 7) is 6.04. The van der Waals surface area contributed by atoms with Gasteiger partial charge in [-0.15, -0.1) is 0 Å². The number of nitrogens with one attached hydrogen (secondary N) is 1. The van der Waals surface area contributed by atoms with Gasteiger partial charge in [-0.25, -0.2) is 14.4 Å². The molecule has 8 heteroatoms. The van der Waals surface area contributed by atoms with Crippen LogP contribution in [0.25, 0.3) is 0 Å². The van der Waals surface area contributed by atoms with Crippen LogP contribution in [0.3, 0.4) is 0 Å². The zero-order valence-corrected chi connectivity index (χ0v) is 16.8. The van der Waals surface area contributed by atoms with Crippen molar-refractivity contribution >= 4 is 29.6 Å². The van der Waals surface area contributed by atoms with Crippen LogP contribution in [0.1, 0.15) is 49.5 Å². The lowest BCUT2D eigenvalue weighted by Crippen LogP contribution is -2.46. The standard InChI is InChI=1S/C19H25ClN2O5/c1-19(2,3)27-16(23)12-7-8-13(14(20)10-12)11-21-18(25)22-9-5-6-15(22)17(24)26-4/h7-8,10,15H,5-6,9,11H2,1-4H3,(H,21,25). The molecule has 0 aromatic heterocycles. The molecule has 1 aliphatic heterocycles. The molecule has 1 aliphatic rings. The van der Waals surface area contributed by atoms with Crippen molar-refractivity contribution < 1.29 is 23.9 Å². The van der Waals surface area contributed by atoms with Crippen LogP contribution in [-0.2, 0) is 20.8 Å². The second-order valence-corrected chi connectivity index (χ2v) is 7.75. The molecule has 1 aromatic rings. The maximum absolute atomic E-state index is 12.4. The topological polar surface area (TPSA) is 84.9 Å². The Morgan fingerprint density at radius 2 is 2.00 bits per heavy atom. The number of hydrogen-bond donors (Lipinski definition) is 1. The molecule has 1 heterocycles. The van der Waals surface area contributed by atoms with Crippen LogP contribution in [0.5, 0.6) is 0 Å². The molecule has 1 saturated heterocycles. The first-order valence-electron chi connectivity index (χ1n) is 8.76. The summed E-state index contributed by atoms with van der Waals surface area (Å²) >= 11 is 6.24. The molecule has 1 aromatic carbocycles. The minimum Gasteiger partial charge on any atom is -0.467 e.